The number of nitrogens with zero attached hydrogens (tertiary/aromatic N) is 3. The fraction of sp³-hybridized carbons (Fsp3) is 0.0588. The summed E-state index contributed by atoms with van der Waals surface area (Å²) in [4.78, 5) is 11.4. The van der Waals surface area contributed by atoms with Gasteiger partial charge in [0.2, 0.25) is 4.77 Å². The third-order valence-corrected chi connectivity index (χ3v) is 3.92. The average molecular weight is 373 g/mol. The molecule has 1 N–H and O–H groups in total. The Morgan fingerprint density at radius 3 is 2.56 bits per heavy atom. The number of hydrogen-bond donors (Lipinski definition) is 1. The maximum atomic E-state index is 11.4. The van der Waals surface area contributed by atoms with E-state index >= 15 is 0 Å². The van der Waals surface area contributed by atoms with Gasteiger partial charge in [0.05, 0.1) is 18.9 Å². The lowest BCUT2D eigenvalue weighted by Gasteiger charge is -2.02. The maximum Gasteiger partial charge on any atom is 0.337 e. The van der Waals surface area contributed by atoms with Crippen molar-refractivity contribution in [3.8, 4) is 11.4 Å². The molecule has 8 heteroatoms. The number of rotatable bonds is 4. The zero-order chi connectivity index (χ0) is 17.8. The molecule has 3 aromatic rings. The molecule has 0 amide bonds. The highest BCUT2D eigenvalue weighted by Crippen LogP contribution is 2.19. The third kappa shape index (κ3) is 3.84. The number of nitrogens with one attached hydrogen (secondary N) is 1. The fourth-order valence-corrected chi connectivity index (χ4v) is 2.44. The van der Waals surface area contributed by atoms with Gasteiger partial charge in [-0.25, -0.2) is 9.89 Å². The minimum absolute atomic E-state index is 0.368. The molecule has 0 fully saturated rings. The first kappa shape index (κ1) is 17.1. The predicted molar refractivity (Wildman–Crippen MR) is 98.6 cm³/mol. The van der Waals surface area contributed by atoms with E-state index in [1.807, 2.05) is 12.1 Å². The monoisotopic (exact) mass is 372 g/mol. The first-order valence-electron chi connectivity index (χ1n) is 7.24. The second kappa shape index (κ2) is 7.42. The average Bonchev–Trinajstić information content (AvgIpc) is 3.01. The molecule has 3 rings (SSSR count). The lowest BCUT2D eigenvalue weighted by Crippen LogP contribution is -2.01. The van der Waals surface area contributed by atoms with E-state index in [-0.39, 0.29) is 5.97 Å². The van der Waals surface area contributed by atoms with E-state index in [9.17, 15) is 4.79 Å². The number of benzene rings is 2. The topological polar surface area (TPSA) is 72.3 Å². The molecule has 126 valence electrons. The van der Waals surface area contributed by atoms with Gasteiger partial charge in [0.1, 0.15) is 0 Å². The van der Waals surface area contributed by atoms with E-state index in [1.54, 1.807) is 42.6 Å². The first-order chi connectivity index (χ1) is 12.1. The largest absolute Gasteiger partial charge is 0.465 e. The number of H-pyrrole nitrogens is 1. The number of ether oxygens (including phenoxy) is 1. The van der Waals surface area contributed by atoms with Crippen LogP contribution in [0.2, 0.25) is 5.02 Å². The highest BCUT2D eigenvalue weighted by Gasteiger charge is 2.08. The molecule has 0 saturated heterocycles. The number of halogens is 1. The van der Waals surface area contributed by atoms with Crippen molar-refractivity contribution in [3.63, 3.8) is 0 Å². The summed E-state index contributed by atoms with van der Waals surface area (Å²) in [5, 5.41) is 11.9. The van der Waals surface area contributed by atoms with Crippen LogP contribution in [-0.4, -0.2) is 34.2 Å². The molecule has 1 heterocycles. The van der Waals surface area contributed by atoms with E-state index in [1.165, 1.54) is 11.8 Å². The van der Waals surface area contributed by atoms with Gasteiger partial charge in [-0.15, -0.1) is 0 Å². The summed E-state index contributed by atoms with van der Waals surface area (Å²) in [6, 6.07) is 14.1. The van der Waals surface area contributed by atoms with Crippen LogP contribution >= 0.6 is 23.8 Å². The smallest absolute Gasteiger partial charge is 0.337 e. The van der Waals surface area contributed by atoms with Crippen LogP contribution in [0.15, 0.2) is 53.6 Å². The number of carbonyl (C=O) groups excluding carboxylic acids is 1. The lowest BCUT2D eigenvalue weighted by atomic mass is 10.1. The Bertz CT molecular complexity index is 975. The van der Waals surface area contributed by atoms with Crippen LogP contribution in [-0.2, 0) is 4.74 Å². The maximum absolute atomic E-state index is 11.4. The van der Waals surface area contributed by atoms with Gasteiger partial charge < -0.3 is 4.74 Å². The summed E-state index contributed by atoms with van der Waals surface area (Å²) in [5.41, 5.74) is 2.11. The highest BCUT2D eigenvalue weighted by molar-refractivity contribution is 7.71. The Labute approximate surface area is 153 Å². The molecule has 0 unspecified atom stereocenters. The molecule has 0 spiro atoms. The lowest BCUT2D eigenvalue weighted by molar-refractivity contribution is 0.0600. The van der Waals surface area contributed by atoms with E-state index in [2.05, 4.69) is 20.0 Å². The Kier molecular flexibility index (Phi) is 5.06. The van der Waals surface area contributed by atoms with Gasteiger partial charge in [-0.1, -0.05) is 23.7 Å². The van der Waals surface area contributed by atoms with Crippen LogP contribution in [0, 0.1) is 4.77 Å². The summed E-state index contributed by atoms with van der Waals surface area (Å²) in [7, 11) is 1.34. The molecule has 25 heavy (non-hydrogen) atoms. The Hall–Kier alpha value is -2.77. The van der Waals surface area contributed by atoms with Crippen LogP contribution in [0.3, 0.4) is 0 Å². The van der Waals surface area contributed by atoms with Gasteiger partial charge in [-0.05, 0) is 54.2 Å². The van der Waals surface area contributed by atoms with Crippen LogP contribution in [0.5, 0.6) is 0 Å². The van der Waals surface area contributed by atoms with Crippen molar-refractivity contribution in [1.82, 2.24) is 14.9 Å². The zero-order valence-electron chi connectivity index (χ0n) is 13.1. The van der Waals surface area contributed by atoms with Crippen molar-refractivity contribution in [1.29, 1.82) is 0 Å². The normalized spacial score (nSPS) is 11.0. The molecular formula is C17H13ClN4O2S. The molecule has 0 aliphatic carbocycles. The quantitative estimate of drug-likeness (QED) is 0.428. The molecule has 0 atom stereocenters. The fourth-order valence-electron chi connectivity index (χ4n) is 2.13. The summed E-state index contributed by atoms with van der Waals surface area (Å²) < 4.78 is 6.56. The molecular weight excluding hydrogens is 360 g/mol. The van der Waals surface area contributed by atoms with Crippen LogP contribution in [0.4, 0.5) is 0 Å². The first-order valence-corrected chi connectivity index (χ1v) is 8.03. The molecule has 0 aliphatic rings. The van der Waals surface area contributed by atoms with Crippen LogP contribution in [0.25, 0.3) is 11.4 Å². The van der Waals surface area contributed by atoms with Gasteiger partial charge in [0.25, 0.3) is 0 Å². The SMILES string of the molecule is COC(=O)c1ccc(/C=N/n2c(-c3ccc(Cl)cc3)n[nH]c2=S)cc1. The van der Waals surface area contributed by atoms with Crippen molar-refractivity contribution in [3.05, 3.63) is 69.5 Å². The highest BCUT2D eigenvalue weighted by atomic mass is 35.5. The number of methoxy groups -OCH3 is 1. The van der Waals surface area contributed by atoms with Crippen molar-refractivity contribution in [2.24, 2.45) is 5.10 Å². The minimum atomic E-state index is -0.384. The van der Waals surface area contributed by atoms with Gasteiger partial charge in [0, 0.05) is 10.6 Å². The van der Waals surface area contributed by atoms with E-state index in [0.29, 0.717) is 21.2 Å². The zero-order valence-corrected chi connectivity index (χ0v) is 14.7. The van der Waals surface area contributed by atoms with Gasteiger partial charge in [0.15, 0.2) is 5.82 Å². The molecule has 0 bridgehead atoms. The summed E-state index contributed by atoms with van der Waals surface area (Å²) in [6.07, 6.45) is 1.63. The van der Waals surface area contributed by atoms with Crippen LogP contribution in [0.1, 0.15) is 15.9 Å². The molecule has 2 aromatic carbocycles. The second-order valence-electron chi connectivity index (χ2n) is 5.03. The number of aromatic amines is 1. The van der Waals surface area contributed by atoms with E-state index in [4.69, 9.17) is 23.8 Å². The number of carbonyl (C=O) groups is 1. The van der Waals surface area contributed by atoms with Crippen LogP contribution < -0.4 is 0 Å². The van der Waals surface area contributed by atoms with Gasteiger partial charge in [-0.3, -0.25) is 0 Å². The second-order valence-corrected chi connectivity index (χ2v) is 5.85. The molecule has 0 radical (unpaired) electrons. The predicted octanol–water partition coefficient (Wildman–Crippen LogP) is 3.93. The van der Waals surface area contributed by atoms with Gasteiger partial charge in [-0.2, -0.15) is 14.9 Å². The van der Waals surface area contributed by atoms with Crippen molar-refractivity contribution in [2.75, 3.05) is 7.11 Å². The van der Waals surface area contributed by atoms with Crippen molar-refractivity contribution >= 4 is 36.0 Å². The Morgan fingerprint density at radius 2 is 1.92 bits per heavy atom. The number of aromatic nitrogens is 3. The Morgan fingerprint density at radius 1 is 1.24 bits per heavy atom. The molecule has 6 nitrogen and oxygen atoms in total. The molecule has 1 aromatic heterocycles. The standard InChI is InChI=1S/C17H13ClN4O2S/c1-24-16(23)13-4-2-11(3-5-13)10-19-22-15(20-21-17(22)25)12-6-8-14(18)9-7-12/h2-10H,1H3,(H,21,25)/b19-10+. The summed E-state index contributed by atoms with van der Waals surface area (Å²) >= 11 is 11.1. The Balaban J connectivity index is 1.89. The van der Waals surface area contributed by atoms with Gasteiger partial charge >= 0.3 is 5.97 Å². The number of hydrogen-bond acceptors (Lipinski definition) is 5. The summed E-state index contributed by atoms with van der Waals surface area (Å²) in [5.74, 6) is 0.190. The molecule has 0 saturated carbocycles. The molecule has 0 aliphatic heterocycles. The van der Waals surface area contributed by atoms with E-state index < -0.39 is 0 Å². The minimum Gasteiger partial charge on any atom is -0.465 e. The summed E-state index contributed by atoms with van der Waals surface area (Å²) in [6.45, 7) is 0. The van der Waals surface area contributed by atoms with Crippen molar-refractivity contribution in [2.45, 2.75) is 0 Å². The van der Waals surface area contributed by atoms with E-state index in [0.717, 1.165) is 11.1 Å². The third-order valence-electron chi connectivity index (χ3n) is 3.41. The van der Waals surface area contributed by atoms with Crippen molar-refractivity contribution < 1.29 is 9.53 Å². The number of esters is 1.